The second-order valence-corrected chi connectivity index (χ2v) is 4.68. The maximum atomic E-state index is 5.84. The highest BCUT2D eigenvalue weighted by atomic mass is 16.5. The molecule has 0 aliphatic heterocycles. The molecule has 0 fully saturated rings. The summed E-state index contributed by atoms with van der Waals surface area (Å²) in [4.78, 5) is 8.61. The van der Waals surface area contributed by atoms with Crippen molar-refractivity contribution >= 4 is 5.95 Å². The van der Waals surface area contributed by atoms with Gasteiger partial charge in [-0.2, -0.15) is 4.98 Å². The van der Waals surface area contributed by atoms with E-state index < -0.39 is 0 Å². The molecule has 0 radical (unpaired) electrons. The predicted octanol–water partition coefficient (Wildman–Crippen LogP) is 3.03. The maximum Gasteiger partial charge on any atom is 0.225 e. The summed E-state index contributed by atoms with van der Waals surface area (Å²) >= 11 is 0. The van der Waals surface area contributed by atoms with Gasteiger partial charge in [-0.15, -0.1) is 0 Å². The maximum absolute atomic E-state index is 5.84. The number of ether oxygens (including phenoxy) is 1. The van der Waals surface area contributed by atoms with Gasteiger partial charge in [-0.25, -0.2) is 4.98 Å². The van der Waals surface area contributed by atoms with Gasteiger partial charge in [0, 0.05) is 18.3 Å². The van der Waals surface area contributed by atoms with Gasteiger partial charge in [0.25, 0.3) is 0 Å². The van der Waals surface area contributed by atoms with E-state index in [-0.39, 0.29) is 6.10 Å². The summed E-state index contributed by atoms with van der Waals surface area (Å²) in [7, 11) is 0. The molecule has 1 heterocycles. The average Bonchev–Trinajstić information content (AvgIpc) is 2.29. The van der Waals surface area contributed by atoms with Crippen molar-refractivity contribution < 1.29 is 4.74 Å². The Kier molecular flexibility index (Phi) is 5.19. The second kappa shape index (κ2) is 6.42. The Balaban J connectivity index is 2.75. The Morgan fingerprint density at radius 1 is 1.35 bits per heavy atom. The van der Waals surface area contributed by atoms with Crippen molar-refractivity contribution in [3.63, 3.8) is 0 Å². The molecule has 1 aromatic heterocycles. The lowest BCUT2D eigenvalue weighted by Gasteiger charge is -2.18. The summed E-state index contributed by atoms with van der Waals surface area (Å²) in [6.45, 7) is 11.3. The van der Waals surface area contributed by atoms with Crippen LogP contribution in [0.15, 0.2) is 6.20 Å². The fraction of sp³-hybridized carbons (Fsp3) is 0.692. The zero-order valence-corrected chi connectivity index (χ0v) is 11.4. The van der Waals surface area contributed by atoms with Crippen molar-refractivity contribution in [1.29, 1.82) is 0 Å². The first-order valence-electron chi connectivity index (χ1n) is 6.28. The van der Waals surface area contributed by atoms with E-state index in [1.165, 1.54) is 0 Å². The van der Waals surface area contributed by atoms with Crippen molar-refractivity contribution in [2.45, 2.75) is 47.1 Å². The van der Waals surface area contributed by atoms with Crippen molar-refractivity contribution in [2.24, 2.45) is 5.92 Å². The first kappa shape index (κ1) is 13.7. The molecule has 0 saturated carbocycles. The van der Waals surface area contributed by atoms with Gasteiger partial charge in [-0.05, 0) is 26.2 Å². The molecule has 1 unspecified atom stereocenters. The van der Waals surface area contributed by atoms with Crippen LogP contribution >= 0.6 is 0 Å². The Hall–Kier alpha value is -1.32. The lowest BCUT2D eigenvalue weighted by molar-refractivity contribution is 0.162. The van der Waals surface area contributed by atoms with Gasteiger partial charge < -0.3 is 10.1 Å². The number of nitrogens with one attached hydrogen (secondary N) is 1. The van der Waals surface area contributed by atoms with Crippen LogP contribution in [0, 0.1) is 12.8 Å². The van der Waals surface area contributed by atoms with Crippen LogP contribution in [-0.4, -0.2) is 22.6 Å². The number of aromatic nitrogens is 2. The Morgan fingerprint density at radius 2 is 2.06 bits per heavy atom. The largest absolute Gasteiger partial charge is 0.474 e. The lowest BCUT2D eigenvalue weighted by Crippen LogP contribution is -2.20. The Bertz CT molecular complexity index is 353. The van der Waals surface area contributed by atoms with E-state index in [4.69, 9.17) is 4.74 Å². The fourth-order valence-electron chi connectivity index (χ4n) is 1.18. The van der Waals surface area contributed by atoms with Crippen LogP contribution in [0.25, 0.3) is 0 Å². The van der Waals surface area contributed by atoms with Crippen molar-refractivity contribution in [3.8, 4) is 5.88 Å². The standard InChI is InChI=1S/C13H23N3O/c1-6-7-14-13-15-8-10(4)12(16-13)17-11(5)9(2)3/h8-9,11H,6-7H2,1-5H3,(H,14,15,16). The first-order chi connectivity index (χ1) is 8.04. The van der Waals surface area contributed by atoms with Crippen LogP contribution < -0.4 is 10.1 Å². The molecule has 1 atom stereocenters. The fourth-order valence-corrected chi connectivity index (χ4v) is 1.18. The van der Waals surface area contributed by atoms with Crippen LogP contribution in [0.3, 0.4) is 0 Å². The topological polar surface area (TPSA) is 47.0 Å². The highest BCUT2D eigenvalue weighted by Gasteiger charge is 2.12. The van der Waals surface area contributed by atoms with E-state index in [0.717, 1.165) is 18.5 Å². The molecule has 0 amide bonds. The molecule has 4 heteroatoms. The van der Waals surface area contributed by atoms with Gasteiger partial charge in [0.05, 0.1) is 6.10 Å². The van der Waals surface area contributed by atoms with E-state index in [0.29, 0.717) is 17.7 Å². The molecule has 0 aliphatic rings. The summed E-state index contributed by atoms with van der Waals surface area (Å²) in [6, 6.07) is 0. The Morgan fingerprint density at radius 3 is 2.65 bits per heavy atom. The summed E-state index contributed by atoms with van der Waals surface area (Å²) < 4.78 is 5.84. The van der Waals surface area contributed by atoms with Gasteiger partial charge in [-0.3, -0.25) is 0 Å². The van der Waals surface area contributed by atoms with Crippen LogP contribution in [0.5, 0.6) is 5.88 Å². The number of aryl methyl sites for hydroxylation is 1. The molecule has 4 nitrogen and oxygen atoms in total. The minimum absolute atomic E-state index is 0.155. The molecule has 0 aromatic carbocycles. The highest BCUT2D eigenvalue weighted by Crippen LogP contribution is 2.18. The van der Waals surface area contributed by atoms with E-state index in [1.54, 1.807) is 6.20 Å². The summed E-state index contributed by atoms with van der Waals surface area (Å²) in [5, 5.41) is 3.16. The van der Waals surface area contributed by atoms with E-state index in [1.807, 2.05) is 6.92 Å². The zero-order valence-electron chi connectivity index (χ0n) is 11.4. The minimum atomic E-state index is 0.155. The minimum Gasteiger partial charge on any atom is -0.474 e. The average molecular weight is 237 g/mol. The summed E-state index contributed by atoms with van der Waals surface area (Å²) in [5.41, 5.74) is 0.972. The van der Waals surface area contributed by atoms with E-state index in [2.05, 4.69) is 43.0 Å². The molecule has 0 spiro atoms. The third-order valence-corrected chi connectivity index (χ3v) is 2.69. The highest BCUT2D eigenvalue weighted by molar-refractivity contribution is 5.32. The monoisotopic (exact) mass is 237 g/mol. The molecular weight excluding hydrogens is 214 g/mol. The van der Waals surface area contributed by atoms with Crippen molar-refractivity contribution in [1.82, 2.24) is 9.97 Å². The molecule has 0 aliphatic carbocycles. The van der Waals surface area contributed by atoms with Gasteiger partial charge in [0.2, 0.25) is 11.8 Å². The van der Waals surface area contributed by atoms with Crippen LogP contribution in [-0.2, 0) is 0 Å². The smallest absolute Gasteiger partial charge is 0.225 e. The molecule has 0 bridgehead atoms. The normalized spacial score (nSPS) is 12.6. The molecular formula is C13H23N3O. The number of nitrogens with zero attached hydrogens (tertiary/aromatic N) is 2. The molecule has 1 N–H and O–H groups in total. The number of rotatable bonds is 6. The molecule has 96 valence electrons. The van der Waals surface area contributed by atoms with Gasteiger partial charge >= 0.3 is 0 Å². The van der Waals surface area contributed by atoms with Crippen LogP contribution in [0.1, 0.15) is 39.7 Å². The Labute approximate surface area is 104 Å². The molecule has 0 saturated heterocycles. The number of hydrogen-bond donors (Lipinski definition) is 1. The summed E-state index contributed by atoms with van der Waals surface area (Å²) in [5.74, 6) is 1.79. The third-order valence-electron chi connectivity index (χ3n) is 2.69. The molecule has 1 aromatic rings. The number of hydrogen-bond acceptors (Lipinski definition) is 4. The van der Waals surface area contributed by atoms with Gasteiger partial charge in [-0.1, -0.05) is 20.8 Å². The molecule has 17 heavy (non-hydrogen) atoms. The van der Waals surface area contributed by atoms with Crippen LogP contribution in [0.2, 0.25) is 0 Å². The quantitative estimate of drug-likeness (QED) is 0.826. The van der Waals surface area contributed by atoms with E-state index in [9.17, 15) is 0 Å². The zero-order chi connectivity index (χ0) is 12.8. The molecule has 1 rings (SSSR count). The van der Waals surface area contributed by atoms with Crippen molar-refractivity contribution in [3.05, 3.63) is 11.8 Å². The van der Waals surface area contributed by atoms with Crippen molar-refractivity contribution in [2.75, 3.05) is 11.9 Å². The first-order valence-corrected chi connectivity index (χ1v) is 6.28. The number of anilines is 1. The van der Waals surface area contributed by atoms with Gasteiger partial charge in [0.1, 0.15) is 0 Å². The van der Waals surface area contributed by atoms with E-state index >= 15 is 0 Å². The summed E-state index contributed by atoms with van der Waals surface area (Å²) in [6.07, 6.45) is 3.01. The van der Waals surface area contributed by atoms with Crippen LogP contribution in [0.4, 0.5) is 5.95 Å². The SMILES string of the molecule is CCCNc1ncc(C)c(OC(C)C(C)C)n1. The van der Waals surface area contributed by atoms with Gasteiger partial charge in [0.15, 0.2) is 0 Å². The third kappa shape index (κ3) is 4.21. The second-order valence-electron chi connectivity index (χ2n) is 4.68. The predicted molar refractivity (Wildman–Crippen MR) is 70.5 cm³/mol. The lowest BCUT2D eigenvalue weighted by atomic mass is 10.1.